The van der Waals surface area contributed by atoms with Gasteiger partial charge in [-0.1, -0.05) is 34.1 Å². The van der Waals surface area contributed by atoms with E-state index >= 15 is 0 Å². The van der Waals surface area contributed by atoms with Crippen molar-refractivity contribution in [3.63, 3.8) is 0 Å². The Balaban J connectivity index is 1.83. The minimum atomic E-state index is 0.572. The molecule has 0 amide bonds. The van der Waals surface area contributed by atoms with Crippen LogP contribution in [-0.2, 0) is 0 Å². The molecule has 1 aliphatic carbocycles. The molecule has 0 aromatic rings. The van der Waals surface area contributed by atoms with Gasteiger partial charge in [0.1, 0.15) is 0 Å². The topological polar surface area (TPSA) is 12.0 Å². The van der Waals surface area contributed by atoms with Crippen molar-refractivity contribution < 1.29 is 0 Å². The summed E-state index contributed by atoms with van der Waals surface area (Å²) < 4.78 is 0. The lowest BCUT2D eigenvalue weighted by molar-refractivity contribution is 0.0932. The van der Waals surface area contributed by atoms with E-state index in [9.17, 15) is 0 Å². The van der Waals surface area contributed by atoms with Crippen LogP contribution >= 0.6 is 0 Å². The van der Waals surface area contributed by atoms with Crippen molar-refractivity contribution in [3.05, 3.63) is 0 Å². The van der Waals surface area contributed by atoms with E-state index in [1.165, 1.54) is 51.6 Å². The van der Waals surface area contributed by atoms with Gasteiger partial charge in [0.05, 0.1) is 0 Å². The van der Waals surface area contributed by atoms with Crippen LogP contribution in [0.15, 0.2) is 0 Å². The first-order valence-electron chi connectivity index (χ1n) is 8.23. The van der Waals surface area contributed by atoms with Crippen molar-refractivity contribution in [2.24, 2.45) is 29.1 Å². The number of hydrogen-bond acceptors (Lipinski definition) is 1. The highest BCUT2D eigenvalue weighted by molar-refractivity contribution is 4.87. The molecule has 1 heteroatoms. The van der Waals surface area contributed by atoms with E-state index in [0.29, 0.717) is 5.41 Å². The molecule has 1 N–H and O–H groups in total. The van der Waals surface area contributed by atoms with Crippen molar-refractivity contribution in [3.8, 4) is 0 Å². The fourth-order valence-electron chi connectivity index (χ4n) is 4.22. The predicted molar refractivity (Wildman–Crippen MR) is 79.7 cm³/mol. The van der Waals surface area contributed by atoms with Crippen molar-refractivity contribution in [2.75, 3.05) is 13.1 Å². The van der Waals surface area contributed by atoms with Crippen molar-refractivity contribution >= 4 is 0 Å². The molecule has 1 saturated carbocycles. The molecule has 2 aliphatic rings. The molecule has 1 saturated heterocycles. The van der Waals surface area contributed by atoms with E-state index in [0.717, 1.165) is 23.7 Å². The summed E-state index contributed by atoms with van der Waals surface area (Å²) in [6.45, 7) is 12.2. The molecule has 18 heavy (non-hydrogen) atoms. The largest absolute Gasteiger partial charge is 0.316 e. The highest BCUT2D eigenvalue weighted by Gasteiger charge is 2.35. The third-order valence-corrected chi connectivity index (χ3v) is 6.06. The van der Waals surface area contributed by atoms with Crippen LogP contribution in [0.4, 0.5) is 0 Å². The number of piperidine rings is 1. The monoisotopic (exact) mass is 251 g/mol. The van der Waals surface area contributed by atoms with Crippen LogP contribution in [0.25, 0.3) is 0 Å². The lowest BCUT2D eigenvalue weighted by atomic mass is 9.65. The summed E-state index contributed by atoms with van der Waals surface area (Å²) in [4.78, 5) is 0. The van der Waals surface area contributed by atoms with E-state index < -0.39 is 0 Å². The molecule has 2 unspecified atom stereocenters. The summed E-state index contributed by atoms with van der Waals surface area (Å²) in [6.07, 6.45) is 8.76. The average Bonchev–Trinajstić information content (AvgIpc) is 2.39. The Morgan fingerprint density at radius 1 is 1.00 bits per heavy atom. The highest BCUT2D eigenvalue weighted by Crippen LogP contribution is 2.44. The Hall–Kier alpha value is -0.0400. The Kier molecular flexibility index (Phi) is 4.75. The molecule has 0 aromatic heterocycles. The molecule has 0 radical (unpaired) electrons. The smallest absolute Gasteiger partial charge is 0.00176 e. The normalized spacial score (nSPS) is 38.7. The Labute approximate surface area is 114 Å². The zero-order valence-electron chi connectivity index (χ0n) is 13.0. The molecule has 106 valence electrons. The lowest BCUT2D eigenvalue weighted by Gasteiger charge is -2.42. The molecule has 0 bridgehead atoms. The fraction of sp³-hybridized carbons (Fsp3) is 1.00. The van der Waals surface area contributed by atoms with E-state index in [2.05, 4.69) is 33.0 Å². The first-order chi connectivity index (χ1) is 8.53. The van der Waals surface area contributed by atoms with Crippen LogP contribution in [0.1, 0.15) is 66.2 Å². The summed E-state index contributed by atoms with van der Waals surface area (Å²) in [6, 6.07) is 0. The summed E-state index contributed by atoms with van der Waals surface area (Å²) in [5, 5.41) is 3.63. The SMILES string of the molecule is CCC(C)(C)C1CCC(C2CNCC(C)C2)CC1. The molecule has 2 fully saturated rings. The van der Waals surface area contributed by atoms with Gasteiger partial charge in [0.25, 0.3) is 0 Å². The Bertz CT molecular complexity index is 250. The van der Waals surface area contributed by atoms with Gasteiger partial charge < -0.3 is 5.32 Å². The number of nitrogens with one attached hydrogen (secondary N) is 1. The summed E-state index contributed by atoms with van der Waals surface area (Å²) >= 11 is 0. The zero-order valence-corrected chi connectivity index (χ0v) is 13.0. The van der Waals surface area contributed by atoms with Crippen LogP contribution in [0.2, 0.25) is 0 Å². The van der Waals surface area contributed by atoms with Gasteiger partial charge in [0, 0.05) is 0 Å². The summed E-state index contributed by atoms with van der Waals surface area (Å²) in [5.74, 6) is 3.87. The third kappa shape index (κ3) is 3.29. The van der Waals surface area contributed by atoms with Crippen LogP contribution < -0.4 is 5.32 Å². The Morgan fingerprint density at radius 3 is 2.22 bits per heavy atom. The second-order valence-corrected chi connectivity index (χ2v) is 7.71. The summed E-state index contributed by atoms with van der Waals surface area (Å²) in [5.41, 5.74) is 0.572. The first kappa shape index (κ1) is 14.4. The molecule has 2 atom stereocenters. The lowest BCUT2D eigenvalue weighted by Crippen LogP contribution is -2.40. The first-order valence-corrected chi connectivity index (χ1v) is 8.23. The minimum Gasteiger partial charge on any atom is -0.316 e. The van der Waals surface area contributed by atoms with Crippen LogP contribution in [0.3, 0.4) is 0 Å². The molecule has 1 aliphatic heterocycles. The molecule has 1 heterocycles. The number of rotatable bonds is 3. The number of hydrogen-bond donors (Lipinski definition) is 1. The predicted octanol–water partition coefficient (Wildman–Crippen LogP) is 4.47. The van der Waals surface area contributed by atoms with Gasteiger partial charge >= 0.3 is 0 Å². The summed E-state index contributed by atoms with van der Waals surface area (Å²) in [7, 11) is 0. The van der Waals surface area contributed by atoms with Gasteiger partial charge in [-0.2, -0.15) is 0 Å². The third-order valence-electron chi connectivity index (χ3n) is 6.06. The van der Waals surface area contributed by atoms with Crippen molar-refractivity contribution in [2.45, 2.75) is 66.2 Å². The average molecular weight is 251 g/mol. The van der Waals surface area contributed by atoms with E-state index in [-0.39, 0.29) is 0 Å². The minimum absolute atomic E-state index is 0.572. The van der Waals surface area contributed by atoms with Crippen LogP contribution in [-0.4, -0.2) is 13.1 Å². The van der Waals surface area contributed by atoms with Crippen LogP contribution in [0.5, 0.6) is 0 Å². The van der Waals surface area contributed by atoms with Gasteiger partial charge in [-0.15, -0.1) is 0 Å². The van der Waals surface area contributed by atoms with Crippen molar-refractivity contribution in [1.82, 2.24) is 5.32 Å². The van der Waals surface area contributed by atoms with Gasteiger partial charge in [-0.05, 0) is 74.3 Å². The van der Waals surface area contributed by atoms with Gasteiger partial charge in [0.2, 0.25) is 0 Å². The van der Waals surface area contributed by atoms with E-state index in [1.54, 1.807) is 0 Å². The Morgan fingerprint density at radius 2 is 1.67 bits per heavy atom. The maximum atomic E-state index is 3.63. The molecule has 1 nitrogen and oxygen atoms in total. The molecule has 2 rings (SSSR count). The quantitative estimate of drug-likeness (QED) is 0.780. The van der Waals surface area contributed by atoms with Gasteiger partial charge in [-0.3, -0.25) is 0 Å². The maximum Gasteiger partial charge on any atom is -0.00176 e. The zero-order chi connectivity index (χ0) is 13.2. The standard InChI is InChI=1S/C17H33N/c1-5-17(3,4)16-8-6-14(7-9-16)15-10-13(2)11-18-12-15/h13-16,18H,5-12H2,1-4H3. The molecule has 0 spiro atoms. The second kappa shape index (κ2) is 5.94. The fourth-order valence-corrected chi connectivity index (χ4v) is 4.22. The van der Waals surface area contributed by atoms with Crippen molar-refractivity contribution in [1.29, 1.82) is 0 Å². The van der Waals surface area contributed by atoms with Gasteiger partial charge in [0.15, 0.2) is 0 Å². The van der Waals surface area contributed by atoms with E-state index in [1.807, 2.05) is 0 Å². The molecular weight excluding hydrogens is 218 g/mol. The van der Waals surface area contributed by atoms with Crippen LogP contribution in [0, 0.1) is 29.1 Å². The van der Waals surface area contributed by atoms with E-state index in [4.69, 9.17) is 0 Å². The highest BCUT2D eigenvalue weighted by atomic mass is 14.9. The molecule has 0 aromatic carbocycles. The maximum absolute atomic E-state index is 3.63. The van der Waals surface area contributed by atoms with Gasteiger partial charge in [-0.25, -0.2) is 0 Å². The molecular formula is C17H33N. The second-order valence-electron chi connectivity index (χ2n) is 7.71.